The van der Waals surface area contributed by atoms with Crippen molar-refractivity contribution in [1.82, 2.24) is 5.32 Å². The van der Waals surface area contributed by atoms with Crippen LogP contribution in [0, 0.1) is 11.8 Å². The number of nitrogens with two attached hydrogens (primary N) is 1. The van der Waals surface area contributed by atoms with E-state index in [0.717, 1.165) is 6.42 Å². The summed E-state index contributed by atoms with van der Waals surface area (Å²) in [5.74, 6) is 0.466. The Balaban J connectivity index is 4.28. The minimum Gasteiger partial charge on any atom is -0.383 e. The molecule has 1 amide bonds. The molecule has 96 valence electrons. The van der Waals surface area contributed by atoms with E-state index in [4.69, 9.17) is 10.5 Å². The minimum atomic E-state index is -0.428. The first-order valence-corrected chi connectivity index (χ1v) is 5.98. The van der Waals surface area contributed by atoms with Gasteiger partial charge in [-0.25, -0.2) is 0 Å². The highest BCUT2D eigenvalue weighted by molar-refractivity contribution is 5.82. The Morgan fingerprint density at radius 2 is 1.94 bits per heavy atom. The fourth-order valence-corrected chi connectivity index (χ4v) is 1.37. The zero-order valence-electron chi connectivity index (χ0n) is 11.1. The van der Waals surface area contributed by atoms with Gasteiger partial charge in [-0.1, -0.05) is 34.1 Å². The second-order valence-electron chi connectivity index (χ2n) is 4.73. The molecule has 0 saturated carbocycles. The van der Waals surface area contributed by atoms with Crippen molar-refractivity contribution >= 4 is 5.91 Å². The second-order valence-corrected chi connectivity index (χ2v) is 4.73. The van der Waals surface area contributed by atoms with Crippen LogP contribution >= 0.6 is 0 Å². The van der Waals surface area contributed by atoms with Crippen LogP contribution in [0.2, 0.25) is 0 Å². The third-order valence-corrected chi connectivity index (χ3v) is 3.04. The Morgan fingerprint density at radius 3 is 2.31 bits per heavy atom. The normalized spacial score (nSPS) is 16.9. The molecule has 0 aliphatic carbocycles. The fraction of sp³-hybridized carbons (Fsp3) is 0.917. The summed E-state index contributed by atoms with van der Waals surface area (Å²) in [5.41, 5.74) is 5.86. The Morgan fingerprint density at radius 1 is 1.38 bits per heavy atom. The van der Waals surface area contributed by atoms with E-state index in [2.05, 4.69) is 19.2 Å². The molecule has 0 heterocycles. The van der Waals surface area contributed by atoms with Crippen LogP contribution < -0.4 is 11.1 Å². The van der Waals surface area contributed by atoms with E-state index >= 15 is 0 Å². The van der Waals surface area contributed by atoms with Crippen LogP contribution in [0.5, 0.6) is 0 Å². The molecule has 0 aromatic rings. The van der Waals surface area contributed by atoms with Gasteiger partial charge in [-0.3, -0.25) is 4.79 Å². The summed E-state index contributed by atoms with van der Waals surface area (Å²) in [6.45, 7) is 8.66. The average molecular weight is 230 g/mol. The maximum Gasteiger partial charge on any atom is 0.237 e. The lowest BCUT2D eigenvalue weighted by atomic mass is 9.98. The molecule has 1 unspecified atom stereocenters. The third-order valence-electron chi connectivity index (χ3n) is 3.04. The van der Waals surface area contributed by atoms with Gasteiger partial charge in [-0.05, 0) is 11.8 Å². The van der Waals surface area contributed by atoms with Crippen molar-refractivity contribution in [1.29, 1.82) is 0 Å². The Labute approximate surface area is 98.9 Å². The molecule has 0 bridgehead atoms. The van der Waals surface area contributed by atoms with Crippen molar-refractivity contribution in [2.24, 2.45) is 17.6 Å². The monoisotopic (exact) mass is 230 g/mol. The van der Waals surface area contributed by atoms with Gasteiger partial charge in [0.15, 0.2) is 0 Å². The van der Waals surface area contributed by atoms with Crippen LogP contribution in [-0.4, -0.2) is 31.7 Å². The first-order valence-electron chi connectivity index (χ1n) is 5.98. The summed E-state index contributed by atoms with van der Waals surface area (Å²) in [5, 5.41) is 2.94. The van der Waals surface area contributed by atoms with Crippen molar-refractivity contribution in [3.05, 3.63) is 0 Å². The number of hydrogen-bond acceptors (Lipinski definition) is 3. The maximum absolute atomic E-state index is 11.8. The first-order chi connectivity index (χ1) is 7.43. The molecule has 3 atom stereocenters. The topological polar surface area (TPSA) is 64.4 Å². The maximum atomic E-state index is 11.8. The quantitative estimate of drug-likeness (QED) is 0.689. The highest BCUT2D eigenvalue weighted by Crippen LogP contribution is 2.07. The molecule has 0 rings (SSSR count). The van der Waals surface area contributed by atoms with Crippen molar-refractivity contribution in [2.75, 3.05) is 13.7 Å². The average Bonchev–Trinajstić information content (AvgIpc) is 2.25. The van der Waals surface area contributed by atoms with E-state index in [1.807, 2.05) is 13.8 Å². The second kappa shape index (κ2) is 7.63. The predicted octanol–water partition coefficient (Wildman–Crippen LogP) is 1.15. The van der Waals surface area contributed by atoms with Crippen LogP contribution in [0.25, 0.3) is 0 Å². The molecule has 0 radical (unpaired) electrons. The molecule has 0 aliphatic rings. The number of hydrogen-bond donors (Lipinski definition) is 2. The largest absolute Gasteiger partial charge is 0.383 e. The predicted molar refractivity (Wildman–Crippen MR) is 66.1 cm³/mol. The van der Waals surface area contributed by atoms with Gasteiger partial charge >= 0.3 is 0 Å². The Bertz CT molecular complexity index is 207. The number of nitrogens with one attached hydrogen (secondary N) is 1. The zero-order valence-corrected chi connectivity index (χ0v) is 11.1. The first kappa shape index (κ1) is 15.4. The van der Waals surface area contributed by atoms with Crippen molar-refractivity contribution in [3.8, 4) is 0 Å². The summed E-state index contributed by atoms with van der Waals surface area (Å²) < 4.78 is 5.08. The number of rotatable bonds is 7. The molecule has 0 spiro atoms. The van der Waals surface area contributed by atoms with Gasteiger partial charge < -0.3 is 15.8 Å². The molecule has 0 aliphatic heterocycles. The van der Waals surface area contributed by atoms with Crippen LogP contribution in [-0.2, 0) is 9.53 Å². The molecule has 4 nitrogen and oxygen atoms in total. The smallest absolute Gasteiger partial charge is 0.237 e. The lowest BCUT2D eigenvalue weighted by molar-refractivity contribution is -0.124. The lowest BCUT2D eigenvalue weighted by Crippen LogP contribution is -2.51. The third kappa shape index (κ3) is 4.94. The van der Waals surface area contributed by atoms with Gasteiger partial charge in [0, 0.05) is 7.11 Å². The molecule has 0 saturated heterocycles. The van der Waals surface area contributed by atoms with Crippen LogP contribution in [0.15, 0.2) is 0 Å². The van der Waals surface area contributed by atoms with Crippen LogP contribution in [0.4, 0.5) is 0 Å². The van der Waals surface area contributed by atoms with Crippen molar-refractivity contribution in [3.63, 3.8) is 0 Å². The summed E-state index contributed by atoms with van der Waals surface area (Å²) in [4.78, 5) is 11.8. The number of ether oxygens (including phenoxy) is 1. The van der Waals surface area contributed by atoms with Crippen molar-refractivity contribution < 1.29 is 9.53 Å². The standard InChI is InChI=1S/C12H26N2O2/c1-6-9(4)11(13)12(15)14-10(7-16-5)8(2)3/h8-11H,6-7,13H2,1-5H3,(H,14,15)/t9-,10?,11-/m0/s1. The summed E-state index contributed by atoms with van der Waals surface area (Å²) >= 11 is 0. The van der Waals surface area contributed by atoms with E-state index in [9.17, 15) is 4.79 Å². The molecule has 0 fully saturated rings. The fourth-order valence-electron chi connectivity index (χ4n) is 1.37. The highest BCUT2D eigenvalue weighted by atomic mass is 16.5. The van der Waals surface area contributed by atoms with Gasteiger partial charge in [0.25, 0.3) is 0 Å². The molecule has 3 N–H and O–H groups in total. The minimum absolute atomic E-state index is 0.0348. The Kier molecular flexibility index (Phi) is 7.34. The zero-order chi connectivity index (χ0) is 12.7. The van der Waals surface area contributed by atoms with Gasteiger partial charge in [0.1, 0.15) is 0 Å². The van der Waals surface area contributed by atoms with Gasteiger partial charge in [-0.2, -0.15) is 0 Å². The van der Waals surface area contributed by atoms with E-state index < -0.39 is 6.04 Å². The lowest BCUT2D eigenvalue weighted by Gasteiger charge is -2.25. The van der Waals surface area contributed by atoms with Gasteiger partial charge in [0.2, 0.25) is 5.91 Å². The van der Waals surface area contributed by atoms with Crippen molar-refractivity contribution in [2.45, 2.75) is 46.2 Å². The van der Waals surface area contributed by atoms with Gasteiger partial charge in [-0.15, -0.1) is 0 Å². The molecule has 16 heavy (non-hydrogen) atoms. The molecular formula is C12H26N2O2. The molecule has 0 aromatic carbocycles. The molecular weight excluding hydrogens is 204 g/mol. The number of methoxy groups -OCH3 is 1. The number of carbonyl (C=O) groups excluding carboxylic acids is 1. The van der Waals surface area contributed by atoms with E-state index in [1.165, 1.54) is 0 Å². The Hall–Kier alpha value is -0.610. The van der Waals surface area contributed by atoms with E-state index in [1.54, 1.807) is 7.11 Å². The highest BCUT2D eigenvalue weighted by Gasteiger charge is 2.23. The molecule has 4 heteroatoms. The number of amides is 1. The SMILES string of the molecule is CC[C@H](C)[C@H](N)C(=O)NC(COC)C(C)C. The van der Waals surface area contributed by atoms with Crippen LogP contribution in [0.3, 0.4) is 0 Å². The molecule has 0 aromatic heterocycles. The van der Waals surface area contributed by atoms with Gasteiger partial charge in [0.05, 0.1) is 18.7 Å². The summed E-state index contributed by atoms with van der Waals surface area (Å²) in [6, 6.07) is -0.393. The summed E-state index contributed by atoms with van der Waals surface area (Å²) in [7, 11) is 1.64. The summed E-state index contributed by atoms with van der Waals surface area (Å²) in [6.07, 6.45) is 0.908. The van der Waals surface area contributed by atoms with E-state index in [0.29, 0.717) is 12.5 Å². The number of carbonyl (C=O) groups is 1. The van der Waals surface area contributed by atoms with Crippen LogP contribution in [0.1, 0.15) is 34.1 Å². The van der Waals surface area contributed by atoms with E-state index in [-0.39, 0.29) is 17.9 Å².